The first-order chi connectivity index (χ1) is 10.7. The number of ether oxygens (including phenoxy) is 1. The Morgan fingerprint density at radius 3 is 2.50 bits per heavy atom. The molecule has 1 heterocycles. The first-order valence-corrected chi connectivity index (χ1v) is 6.68. The number of rotatable bonds is 5. The van der Waals surface area contributed by atoms with Gasteiger partial charge in [-0.05, 0) is 24.3 Å². The third-order valence-electron chi connectivity index (χ3n) is 3.11. The molecule has 0 radical (unpaired) electrons. The van der Waals surface area contributed by atoms with Crippen LogP contribution >= 0.6 is 0 Å². The molecule has 6 nitrogen and oxygen atoms in total. The van der Waals surface area contributed by atoms with Gasteiger partial charge in [0.25, 0.3) is 5.69 Å². The maximum atomic E-state index is 10.6. The molecule has 0 saturated heterocycles. The quantitative estimate of drug-likeness (QED) is 0.534. The maximum Gasteiger partial charge on any atom is 0.269 e. The number of hydrogen-bond donors (Lipinski definition) is 0. The lowest BCUT2D eigenvalue weighted by Gasteiger charge is -2.04. The maximum absolute atomic E-state index is 10.6. The van der Waals surface area contributed by atoms with Crippen LogP contribution in [0.1, 0.15) is 5.56 Å². The molecular weight excluding hydrogens is 282 g/mol. The van der Waals surface area contributed by atoms with Crippen molar-refractivity contribution < 1.29 is 9.66 Å². The summed E-state index contributed by atoms with van der Waals surface area (Å²) in [4.78, 5) is 10.1. The van der Waals surface area contributed by atoms with Gasteiger partial charge in [0.05, 0.1) is 16.8 Å². The molecule has 0 atom stereocenters. The Balaban J connectivity index is 1.65. The number of hydrogen-bond acceptors (Lipinski definition) is 4. The predicted octanol–water partition coefficient (Wildman–Crippen LogP) is 3.36. The van der Waals surface area contributed by atoms with Crippen LogP contribution in [0.2, 0.25) is 0 Å². The van der Waals surface area contributed by atoms with Crippen LogP contribution in [0.5, 0.6) is 5.75 Å². The molecule has 1 aromatic heterocycles. The molecule has 0 aliphatic heterocycles. The Morgan fingerprint density at radius 1 is 1.09 bits per heavy atom. The molecule has 0 bridgehead atoms. The van der Waals surface area contributed by atoms with Crippen molar-refractivity contribution in [3.8, 4) is 11.4 Å². The van der Waals surface area contributed by atoms with Gasteiger partial charge >= 0.3 is 0 Å². The molecule has 2 aromatic carbocycles. The standard InChI is InChI=1S/C16H13N3O3/c20-19(21)15-6-8-16(9-7-15)22-12-13-10-17-18(11-13)14-4-2-1-3-5-14/h1-11H,12H2. The summed E-state index contributed by atoms with van der Waals surface area (Å²) in [6.45, 7) is 0.352. The van der Waals surface area contributed by atoms with Crippen molar-refractivity contribution in [2.75, 3.05) is 0 Å². The molecule has 0 unspecified atom stereocenters. The predicted molar refractivity (Wildman–Crippen MR) is 81.0 cm³/mol. The molecule has 6 heteroatoms. The topological polar surface area (TPSA) is 70.2 Å². The van der Waals surface area contributed by atoms with Gasteiger partial charge in [-0.25, -0.2) is 4.68 Å². The van der Waals surface area contributed by atoms with Crippen LogP contribution in [0.4, 0.5) is 5.69 Å². The van der Waals surface area contributed by atoms with Crippen LogP contribution in [0.15, 0.2) is 67.0 Å². The first kappa shape index (κ1) is 13.8. The van der Waals surface area contributed by atoms with Crippen LogP contribution in [-0.4, -0.2) is 14.7 Å². The fourth-order valence-electron chi connectivity index (χ4n) is 1.99. The van der Waals surface area contributed by atoms with E-state index in [1.165, 1.54) is 12.1 Å². The minimum Gasteiger partial charge on any atom is -0.489 e. The van der Waals surface area contributed by atoms with Crippen molar-refractivity contribution in [1.29, 1.82) is 0 Å². The summed E-state index contributed by atoms with van der Waals surface area (Å²) in [5, 5.41) is 14.9. The Hall–Kier alpha value is -3.15. The van der Waals surface area contributed by atoms with Gasteiger partial charge in [-0.2, -0.15) is 5.10 Å². The van der Waals surface area contributed by atoms with Crippen molar-refractivity contribution in [3.05, 3.63) is 82.7 Å². The van der Waals surface area contributed by atoms with Crippen LogP contribution in [0.3, 0.4) is 0 Å². The lowest BCUT2D eigenvalue weighted by atomic mass is 10.3. The van der Waals surface area contributed by atoms with Gasteiger partial charge < -0.3 is 4.74 Å². The summed E-state index contributed by atoms with van der Waals surface area (Å²) < 4.78 is 7.37. The van der Waals surface area contributed by atoms with Crippen molar-refractivity contribution in [2.24, 2.45) is 0 Å². The van der Waals surface area contributed by atoms with Crippen LogP contribution in [-0.2, 0) is 6.61 Å². The van der Waals surface area contributed by atoms with E-state index in [4.69, 9.17) is 4.74 Å². The molecule has 0 aliphatic rings. The fraction of sp³-hybridized carbons (Fsp3) is 0.0625. The molecule has 3 aromatic rings. The highest BCUT2D eigenvalue weighted by Crippen LogP contribution is 2.18. The van der Waals surface area contributed by atoms with E-state index < -0.39 is 4.92 Å². The monoisotopic (exact) mass is 295 g/mol. The number of nitro benzene ring substituents is 1. The average molecular weight is 295 g/mol. The highest BCUT2D eigenvalue weighted by molar-refractivity contribution is 5.36. The number of nitrogens with zero attached hydrogens (tertiary/aromatic N) is 3. The van der Waals surface area contributed by atoms with Crippen molar-refractivity contribution in [2.45, 2.75) is 6.61 Å². The van der Waals surface area contributed by atoms with Crippen molar-refractivity contribution in [3.63, 3.8) is 0 Å². The molecule has 0 N–H and O–H groups in total. The van der Waals surface area contributed by atoms with E-state index in [1.54, 1.807) is 23.0 Å². The second-order valence-corrected chi connectivity index (χ2v) is 4.67. The normalized spacial score (nSPS) is 10.4. The number of non-ortho nitro benzene ring substituents is 1. The van der Waals surface area contributed by atoms with Gasteiger partial charge in [-0.15, -0.1) is 0 Å². The number of benzene rings is 2. The number of aromatic nitrogens is 2. The zero-order valence-electron chi connectivity index (χ0n) is 11.6. The van der Waals surface area contributed by atoms with E-state index in [0.717, 1.165) is 11.3 Å². The van der Waals surface area contributed by atoms with Gasteiger partial charge in [0.15, 0.2) is 0 Å². The van der Waals surface area contributed by atoms with Gasteiger partial charge in [0.2, 0.25) is 0 Å². The van der Waals surface area contributed by atoms with Crippen molar-refractivity contribution >= 4 is 5.69 Å². The van der Waals surface area contributed by atoms with E-state index in [0.29, 0.717) is 12.4 Å². The summed E-state index contributed by atoms with van der Waals surface area (Å²) in [5.41, 5.74) is 1.94. The minimum atomic E-state index is -0.437. The van der Waals surface area contributed by atoms with Gasteiger partial charge in [0.1, 0.15) is 12.4 Å². The molecule has 0 fully saturated rings. The zero-order valence-corrected chi connectivity index (χ0v) is 11.6. The SMILES string of the molecule is O=[N+]([O-])c1ccc(OCc2cnn(-c3ccccc3)c2)cc1. The molecule has 3 rings (SSSR count). The van der Waals surface area contributed by atoms with E-state index in [1.807, 2.05) is 36.5 Å². The van der Waals surface area contributed by atoms with Gasteiger partial charge in [-0.3, -0.25) is 10.1 Å². The van der Waals surface area contributed by atoms with E-state index in [2.05, 4.69) is 5.10 Å². The molecule has 0 spiro atoms. The summed E-state index contributed by atoms with van der Waals surface area (Å²) in [7, 11) is 0. The lowest BCUT2D eigenvalue weighted by molar-refractivity contribution is -0.384. The number of nitro groups is 1. The average Bonchev–Trinajstić information content (AvgIpc) is 3.03. The van der Waals surface area contributed by atoms with E-state index >= 15 is 0 Å². The number of para-hydroxylation sites is 1. The fourth-order valence-corrected chi connectivity index (χ4v) is 1.99. The second-order valence-electron chi connectivity index (χ2n) is 4.67. The Morgan fingerprint density at radius 2 is 1.82 bits per heavy atom. The Kier molecular flexibility index (Phi) is 3.82. The molecule has 110 valence electrons. The summed E-state index contributed by atoms with van der Waals surface area (Å²) in [6, 6.07) is 15.8. The van der Waals surface area contributed by atoms with Gasteiger partial charge in [0, 0.05) is 23.9 Å². The van der Waals surface area contributed by atoms with Crippen LogP contribution in [0, 0.1) is 10.1 Å². The van der Waals surface area contributed by atoms with Crippen LogP contribution < -0.4 is 4.74 Å². The summed E-state index contributed by atoms with van der Waals surface area (Å²) >= 11 is 0. The largest absolute Gasteiger partial charge is 0.489 e. The zero-order chi connectivity index (χ0) is 15.4. The highest BCUT2D eigenvalue weighted by atomic mass is 16.6. The molecule has 0 aliphatic carbocycles. The van der Waals surface area contributed by atoms with E-state index in [9.17, 15) is 10.1 Å². The molecule has 0 saturated carbocycles. The smallest absolute Gasteiger partial charge is 0.269 e. The first-order valence-electron chi connectivity index (χ1n) is 6.68. The Bertz CT molecular complexity index is 767. The molecular formula is C16H13N3O3. The third kappa shape index (κ3) is 3.12. The van der Waals surface area contributed by atoms with Crippen LogP contribution in [0.25, 0.3) is 5.69 Å². The molecule has 22 heavy (non-hydrogen) atoms. The highest BCUT2D eigenvalue weighted by Gasteiger charge is 2.05. The minimum absolute atomic E-state index is 0.0456. The summed E-state index contributed by atoms with van der Waals surface area (Å²) in [5.74, 6) is 0.582. The van der Waals surface area contributed by atoms with Gasteiger partial charge in [-0.1, -0.05) is 18.2 Å². The second kappa shape index (κ2) is 6.09. The third-order valence-corrected chi connectivity index (χ3v) is 3.11. The summed E-state index contributed by atoms with van der Waals surface area (Å²) in [6.07, 6.45) is 3.62. The van der Waals surface area contributed by atoms with E-state index in [-0.39, 0.29) is 5.69 Å². The Labute approximate surface area is 126 Å². The molecule has 0 amide bonds. The van der Waals surface area contributed by atoms with Crippen molar-refractivity contribution in [1.82, 2.24) is 9.78 Å². The lowest BCUT2D eigenvalue weighted by Crippen LogP contribution is -1.95.